The number of anilines is 4. The number of para-hydroxylation sites is 1. The van der Waals surface area contributed by atoms with Gasteiger partial charge in [-0.3, -0.25) is 0 Å². The molecule has 1 aromatic heterocycles. The molecule has 1 heterocycles. The van der Waals surface area contributed by atoms with Gasteiger partial charge >= 0.3 is 5.97 Å². The van der Waals surface area contributed by atoms with Crippen LogP contribution in [0.3, 0.4) is 0 Å². The first kappa shape index (κ1) is 17.7. The summed E-state index contributed by atoms with van der Waals surface area (Å²) in [5.41, 5.74) is 2.01. The fourth-order valence-electron chi connectivity index (χ4n) is 2.22. The summed E-state index contributed by atoms with van der Waals surface area (Å²) in [6.45, 7) is 2.12. The molecule has 0 saturated carbocycles. The molecule has 3 rings (SSSR count). The first-order valence-corrected chi connectivity index (χ1v) is 8.42. The van der Waals surface area contributed by atoms with E-state index in [-0.39, 0.29) is 5.97 Å². The molecule has 0 bridgehead atoms. The number of carbonyl (C=O) groups excluding carboxylic acids is 1. The van der Waals surface area contributed by atoms with Gasteiger partial charge in [0.25, 0.3) is 0 Å². The van der Waals surface area contributed by atoms with Crippen molar-refractivity contribution in [2.75, 3.05) is 17.2 Å². The van der Waals surface area contributed by atoms with Crippen LogP contribution in [0.2, 0.25) is 5.02 Å². The Labute approximate surface area is 156 Å². The molecule has 2 N–H and O–H groups in total. The van der Waals surface area contributed by atoms with Gasteiger partial charge in [-0.05, 0) is 49.4 Å². The second kappa shape index (κ2) is 8.31. The van der Waals surface area contributed by atoms with Crippen molar-refractivity contribution in [1.29, 1.82) is 0 Å². The van der Waals surface area contributed by atoms with Crippen molar-refractivity contribution < 1.29 is 9.53 Å². The molecule has 132 valence electrons. The Morgan fingerprint density at radius 1 is 1.08 bits per heavy atom. The van der Waals surface area contributed by atoms with Crippen LogP contribution in [0.1, 0.15) is 17.3 Å². The van der Waals surface area contributed by atoms with E-state index < -0.39 is 0 Å². The minimum Gasteiger partial charge on any atom is -0.462 e. The van der Waals surface area contributed by atoms with E-state index in [1.54, 1.807) is 49.5 Å². The van der Waals surface area contributed by atoms with E-state index in [0.29, 0.717) is 29.0 Å². The van der Waals surface area contributed by atoms with Crippen molar-refractivity contribution in [3.63, 3.8) is 0 Å². The third kappa shape index (κ3) is 4.49. The fraction of sp³-hybridized carbons (Fsp3) is 0.105. The van der Waals surface area contributed by atoms with Crippen LogP contribution in [-0.4, -0.2) is 22.5 Å². The molecule has 26 heavy (non-hydrogen) atoms. The van der Waals surface area contributed by atoms with Crippen LogP contribution in [0.4, 0.5) is 23.1 Å². The first-order chi connectivity index (χ1) is 12.7. The largest absolute Gasteiger partial charge is 0.462 e. The maximum atomic E-state index is 11.7. The van der Waals surface area contributed by atoms with E-state index in [9.17, 15) is 4.79 Å². The summed E-state index contributed by atoms with van der Waals surface area (Å²) in [5.74, 6) is 0.686. The molecule has 0 saturated heterocycles. The Hall–Kier alpha value is -3.12. The Bertz CT molecular complexity index is 900. The monoisotopic (exact) mass is 368 g/mol. The van der Waals surface area contributed by atoms with Gasteiger partial charge in [-0.2, -0.15) is 4.98 Å². The summed E-state index contributed by atoms with van der Waals surface area (Å²) in [6.07, 6.45) is 1.64. The Kier molecular flexibility index (Phi) is 5.66. The summed E-state index contributed by atoms with van der Waals surface area (Å²) in [4.78, 5) is 20.3. The van der Waals surface area contributed by atoms with Gasteiger partial charge in [0, 0.05) is 11.9 Å². The molecule has 0 unspecified atom stereocenters. The molecule has 0 aliphatic rings. The van der Waals surface area contributed by atoms with Crippen molar-refractivity contribution in [3.05, 3.63) is 71.4 Å². The second-order valence-electron chi connectivity index (χ2n) is 5.29. The number of nitrogens with zero attached hydrogens (tertiary/aromatic N) is 2. The number of hydrogen-bond donors (Lipinski definition) is 2. The van der Waals surface area contributed by atoms with E-state index in [4.69, 9.17) is 16.3 Å². The van der Waals surface area contributed by atoms with Crippen LogP contribution in [0.15, 0.2) is 60.8 Å². The van der Waals surface area contributed by atoms with E-state index in [2.05, 4.69) is 20.6 Å². The maximum Gasteiger partial charge on any atom is 0.338 e. The standard InChI is InChI=1S/C19H17ClN4O2/c1-2-26-18(25)13-7-9-14(10-8-13)22-19-21-12-11-17(24-19)23-16-6-4-3-5-15(16)20/h3-12H,2H2,1H3,(H2,21,22,23,24). The zero-order valence-corrected chi connectivity index (χ0v) is 14.8. The lowest BCUT2D eigenvalue weighted by atomic mass is 10.2. The van der Waals surface area contributed by atoms with E-state index in [1.165, 1.54) is 0 Å². The number of hydrogen-bond acceptors (Lipinski definition) is 6. The number of esters is 1. The highest BCUT2D eigenvalue weighted by Crippen LogP contribution is 2.24. The molecule has 3 aromatic rings. The molecule has 0 atom stereocenters. The lowest BCUT2D eigenvalue weighted by Crippen LogP contribution is -2.05. The molecular weight excluding hydrogens is 352 g/mol. The summed E-state index contributed by atoms with van der Waals surface area (Å²) < 4.78 is 4.96. The Morgan fingerprint density at radius 3 is 2.58 bits per heavy atom. The third-order valence-electron chi connectivity index (χ3n) is 3.44. The Morgan fingerprint density at radius 2 is 1.85 bits per heavy atom. The average Bonchev–Trinajstić information content (AvgIpc) is 2.65. The predicted octanol–water partition coefficient (Wildman–Crippen LogP) is 4.79. The van der Waals surface area contributed by atoms with Crippen LogP contribution >= 0.6 is 11.6 Å². The van der Waals surface area contributed by atoms with Crippen molar-refractivity contribution >= 4 is 40.7 Å². The highest BCUT2D eigenvalue weighted by atomic mass is 35.5. The SMILES string of the molecule is CCOC(=O)c1ccc(Nc2nccc(Nc3ccccc3Cl)n2)cc1. The number of ether oxygens (including phenoxy) is 1. The lowest BCUT2D eigenvalue weighted by Gasteiger charge is -2.10. The number of nitrogens with one attached hydrogen (secondary N) is 2. The first-order valence-electron chi connectivity index (χ1n) is 8.04. The molecule has 0 fully saturated rings. The van der Waals surface area contributed by atoms with Gasteiger partial charge < -0.3 is 15.4 Å². The minimum absolute atomic E-state index is 0.345. The highest BCUT2D eigenvalue weighted by molar-refractivity contribution is 6.33. The van der Waals surface area contributed by atoms with Gasteiger partial charge in [0.1, 0.15) is 5.82 Å². The third-order valence-corrected chi connectivity index (χ3v) is 3.77. The summed E-state index contributed by atoms with van der Waals surface area (Å²) in [7, 11) is 0. The Balaban J connectivity index is 1.71. The van der Waals surface area contributed by atoms with Gasteiger partial charge in [0.15, 0.2) is 0 Å². The van der Waals surface area contributed by atoms with E-state index >= 15 is 0 Å². The van der Waals surface area contributed by atoms with Gasteiger partial charge in [0.2, 0.25) is 5.95 Å². The highest BCUT2D eigenvalue weighted by Gasteiger charge is 2.07. The van der Waals surface area contributed by atoms with Crippen LogP contribution in [-0.2, 0) is 4.74 Å². The molecule has 0 aliphatic carbocycles. The number of carbonyl (C=O) groups is 1. The maximum absolute atomic E-state index is 11.7. The lowest BCUT2D eigenvalue weighted by molar-refractivity contribution is 0.0526. The van der Waals surface area contributed by atoms with Crippen LogP contribution in [0, 0.1) is 0 Å². The van der Waals surface area contributed by atoms with E-state index in [1.807, 2.05) is 18.2 Å². The van der Waals surface area contributed by atoms with Crippen LogP contribution < -0.4 is 10.6 Å². The van der Waals surface area contributed by atoms with Gasteiger partial charge in [-0.15, -0.1) is 0 Å². The molecule has 6 nitrogen and oxygen atoms in total. The quantitative estimate of drug-likeness (QED) is 0.609. The van der Waals surface area contributed by atoms with Crippen LogP contribution in [0.25, 0.3) is 0 Å². The molecular formula is C19H17ClN4O2. The predicted molar refractivity (Wildman–Crippen MR) is 102 cm³/mol. The van der Waals surface area contributed by atoms with Crippen molar-refractivity contribution in [2.45, 2.75) is 6.92 Å². The fourth-order valence-corrected chi connectivity index (χ4v) is 2.41. The summed E-state index contributed by atoms with van der Waals surface area (Å²) in [6, 6.07) is 16.1. The number of halogens is 1. The van der Waals surface area contributed by atoms with Gasteiger partial charge in [-0.1, -0.05) is 23.7 Å². The molecule has 0 radical (unpaired) electrons. The number of benzene rings is 2. The van der Waals surface area contributed by atoms with Crippen molar-refractivity contribution in [2.24, 2.45) is 0 Å². The van der Waals surface area contributed by atoms with E-state index in [0.717, 1.165) is 11.4 Å². The minimum atomic E-state index is -0.346. The zero-order chi connectivity index (χ0) is 18.4. The molecule has 2 aromatic carbocycles. The molecule has 0 aliphatic heterocycles. The van der Waals surface area contributed by atoms with Crippen LogP contribution in [0.5, 0.6) is 0 Å². The molecule has 0 amide bonds. The molecule has 7 heteroatoms. The topological polar surface area (TPSA) is 76.1 Å². The normalized spacial score (nSPS) is 10.2. The number of rotatable bonds is 6. The van der Waals surface area contributed by atoms with Gasteiger partial charge in [0.05, 0.1) is 22.9 Å². The smallest absolute Gasteiger partial charge is 0.338 e. The van der Waals surface area contributed by atoms with Gasteiger partial charge in [-0.25, -0.2) is 9.78 Å². The summed E-state index contributed by atoms with van der Waals surface area (Å²) >= 11 is 6.15. The summed E-state index contributed by atoms with van der Waals surface area (Å²) in [5, 5.41) is 6.85. The second-order valence-corrected chi connectivity index (χ2v) is 5.70. The number of aromatic nitrogens is 2. The molecule has 0 spiro atoms. The zero-order valence-electron chi connectivity index (χ0n) is 14.1. The van der Waals surface area contributed by atoms with Crippen molar-refractivity contribution in [1.82, 2.24) is 9.97 Å². The van der Waals surface area contributed by atoms with Crippen molar-refractivity contribution in [3.8, 4) is 0 Å². The average molecular weight is 369 g/mol.